The molecule has 0 nitrogen and oxygen atoms in total. The summed E-state index contributed by atoms with van der Waals surface area (Å²) in [5, 5.41) is 0.608. The Morgan fingerprint density at radius 2 is 1.73 bits per heavy atom. The van der Waals surface area contributed by atoms with Crippen molar-refractivity contribution in [2.24, 2.45) is 0 Å². The van der Waals surface area contributed by atoms with Crippen molar-refractivity contribution in [3.8, 4) is 24.7 Å². The van der Waals surface area contributed by atoms with E-state index >= 15 is 0 Å². The van der Waals surface area contributed by atoms with Crippen molar-refractivity contribution >= 4 is 11.6 Å². The Balaban J connectivity index is 3.34. The minimum atomic E-state index is 0.608. The van der Waals surface area contributed by atoms with E-state index in [9.17, 15) is 0 Å². The highest BCUT2D eigenvalue weighted by Gasteiger charge is 1.96. The molecule has 0 amide bonds. The molecule has 0 bridgehead atoms. The first-order valence-corrected chi connectivity index (χ1v) is 3.38. The minimum absolute atomic E-state index is 0.608. The lowest BCUT2D eigenvalue weighted by Gasteiger charge is -1.95. The zero-order chi connectivity index (χ0) is 8.27. The van der Waals surface area contributed by atoms with Crippen LogP contribution in [0.25, 0.3) is 0 Å². The van der Waals surface area contributed by atoms with E-state index in [0.717, 1.165) is 0 Å². The molecular formula is C10H5Cl. The van der Waals surface area contributed by atoms with Crippen molar-refractivity contribution in [2.45, 2.75) is 0 Å². The first-order valence-electron chi connectivity index (χ1n) is 3.00. The summed E-state index contributed by atoms with van der Waals surface area (Å²) < 4.78 is 0. The number of hydrogen-bond acceptors (Lipinski definition) is 0. The van der Waals surface area contributed by atoms with Gasteiger partial charge in [-0.1, -0.05) is 23.4 Å². The van der Waals surface area contributed by atoms with E-state index < -0.39 is 0 Å². The third kappa shape index (κ3) is 1.55. The lowest BCUT2D eigenvalue weighted by Crippen LogP contribution is -1.81. The van der Waals surface area contributed by atoms with Crippen LogP contribution in [0.5, 0.6) is 0 Å². The predicted molar refractivity (Wildman–Crippen MR) is 47.3 cm³/mol. The molecule has 0 fully saturated rings. The average molecular weight is 161 g/mol. The lowest BCUT2D eigenvalue weighted by atomic mass is 10.1. The SMILES string of the molecule is C#Cc1ccc(Cl)cc1C#C. The molecule has 0 saturated heterocycles. The minimum Gasteiger partial charge on any atom is -0.115 e. The molecule has 0 saturated carbocycles. The fraction of sp³-hybridized carbons (Fsp3) is 0. The molecule has 1 aromatic rings. The van der Waals surface area contributed by atoms with E-state index in [0.29, 0.717) is 16.1 Å². The third-order valence-corrected chi connectivity index (χ3v) is 1.53. The summed E-state index contributed by atoms with van der Waals surface area (Å²) in [6, 6.07) is 5.13. The molecule has 0 N–H and O–H groups in total. The third-order valence-electron chi connectivity index (χ3n) is 1.29. The molecule has 0 aliphatic rings. The van der Waals surface area contributed by atoms with Crippen LogP contribution in [-0.4, -0.2) is 0 Å². The van der Waals surface area contributed by atoms with Crippen molar-refractivity contribution in [3.63, 3.8) is 0 Å². The Kier molecular flexibility index (Phi) is 2.21. The van der Waals surface area contributed by atoms with Gasteiger partial charge in [-0.3, -0.25) is 0 Å². The highest BCUT2D eigenvalue weighted by molar-refractivity contribution is 6.30. The Bertz CT molecular complexity index is 350. The van der Waals surface area contributed by atoms with Gasteiger partial charge in [0.1, 0.15) is 0 Å². The summed E-state index contributed by atoms with van der Waals surface area (Å²) in [5.74, 6) is 4.93. The lowest BCUT2D eigenvalue weighted by molar-refractivity contribution is 1.59. The summed E-state index contributed by atoms with van der Waals surface area (Å²) in [6.45, 7) is 0. The Morgan fingerprint density at radius 3 is 2.27 bits per heavy atom. The van der Waals surface area contributed by atoms with Crippen LogP contribution in [0.2, 0.25) is 5.02 Å². The quantitative estimate of drug-likeness (QED) is 0.511. The van der Waals surface area contributed by atoms with E-state index in [2.05, 4.69) is 11.8 Å². The zero-order valence-corrected chi connectivity index (χ0v) is 6.52. The molecule has 52 valence electrons. The molecule has 1 rings (SSSR count). The van der Waals surface area contributed by atoms with E-state index in [-0.39, 0.29) is 0 Å². The van der Waals surface area contributed by atoms with Crippen LogP contribution in [0.15, 0.2) is 18.2 Å². The molecule has 0 aliphatic heterocycles. The fourth-order valence-electron chi connectivity index (χ4n) is 0.762. The first-order chi connectivity index (χ1) is 5.27. The molecule has 0 atom stereocenters. The average Bonchev–Trinajstić information content (AvgIpc) is 2.04. The standard InChI is InChI=1S/C10H5Cl/c1-3-8-5-6-10(11)7-9(8)4-2/h1-2,5-7H. The van der Waals surface area contributed by atoms with Gasteiger partial charge in [0.2, 0.25) is 0 Å². The summed E-state index contributed by atoms with van der Waals surface area (Å²) in [4.78, 5) is 0. The second-order valence-corrected chi connectivity index (χ2v) is 2.42. The van der Waals surface area contributed by atoms with Gasteiger partial charge in [0.25, 0.3) is 0 Å². The number of halogens is 1. The molecule has 0 aromatic heterocycles. The smallest absolute Gasteiger partial charge is 0.0419 e. The highest BCUT2D eigenvalue weighted by Crippen LogP contribution is 2.13. The van der Waals surface area contributed by atoms with Gasteiger partial charge in [-0.05, 0) is 18.2 Å². The van der Waals surface area contributed by atoms with Gasteiger partial charge in [-0.15, -0.1) is 12.8 Å². The summed E-state index contributed by atoms with van der Waals surface area (Å²) in [5.41, 5.74) is 1.37. The largest absolute Gasteiger partial charge is 0.115 e. The second-order valence-electron chi connectivity index (χ2n) is 1.98. The molecule has 11 heavy (non-hydrogen) atoms. The molecule has 1 heteroatoms. The monoisotopic (exact) mass is 160 g/mol. The number of benzene rings is 1. The molecule has 0 spiro atoms. The van der Waals surface area contributed by atoms with Gasteiger partial charge >= 0.3 is 0 Å². The normalized spacial score (nSPS) is 8.27. The molecule has 0 aliphatic carbocycles. The number of terminal acetylenes is 2. The van der Waals surface area contributed by atoms with Crippen LogP contribution in [0.4, 0.5) is 0 Å². The molecule has 0 unspecified atom stereocenters. The van der Waals surface area contributed by atoms with Crippen molar-refractivity contribution < 1.29 is 0 Å². The van der Waals surface area contributed by atoms with Gasteiger partial charge in [-0.2, -0.15) is 0 Å². The Labute approximate surface area is 71.2 Å². The van der Waals surface area contributed by atoms with Crippen LogP contribution in [0, 0.1) is 24.7 Å². The van der Waals surface area contributed by atoms with Gasteiger partial charge in [0.05, 0.1) is 0 Å². The predicted octanol–water partition coefficient (Wildman–Crippen LogP) is 2.30. The van der Waals surface area contributed by atoms with E-state index in [1.54, 1.807) is 18.2 Å². The van der Waals surface area contributed by atoms with Crippen LogP contribution in [-0.2, 0) is 0 Å². The number of hydrogen-bond donors (Lipinski definition) is 0. The van der Waals surface area contributed by atoms with E-state index in [1.807, 2.05) is 0 Å². The van der Waals surface area contributed by atoms with Gasteiger partial charge < -0.3 is 0 Å². The van der Waals surface area contributed by atoms with E-state index in [4.69, 9.17) is 24.4 Å². The Hall–Kier alpha value is -1.37. The zero-order valence-electron chi connectivity index (χ0n) is 5.76. The van der Waals surface area contributed by atoms with Gasteiger partial charge in [-0.25, -0.2) is 0 Å². The maximum atomic E-state index is 5.69. The topological polar surface area (TPSA) is 0 Å². The summed E-state index contributed by atoms with van der Waals surface area (Å²) >= 11 is 5.69. The maximum Gasteiger partial charge on any atom is 0.0419 e. The van der Waals surface area contributed by atoms with Crippen LogP contribution < -0.4 is 0 Å². The molecule has 0 radical (unpaired) electrons. The van der Waals surface area contributed by atoms with Crippen LogP contribution >= 0.6 is 11.6 Å². The van der Waals surface area contributed by atoms with Crippen LogP contribution in [0.1, 0.15) is 11.1 Å². The number of rotatable bonds is 0. The molecule has 1 aromatic carbocycles. The van der Waals surface area contributed by atoms with Crippen molar-refractivity contribution in [1.82, 2.24) is 0 Å². The van der Waals surface area contributed by atoms with Crippen LogP contribution in [0.3, 0.4) is 0 Å². The molecular weight excluding hydrogens is 156 g/mol. The van der Waals surface area contributed by atoms with Gasteiger partial charge in [0.15, 0.2) is 0 Å². The van der Waals surface area contributed by atoms with Gasteiger partial charge in [0, 0.05) is 16.1 Å². The van der Waals surface area contributed by atoms with Crippen molar-refractivity contribution in [2.75, 3.05) is 0 Å². The second kappa shape index (κ2) is 3.15. The highest BCUT2D eigenvalue weighted by atomic mass is 35.5. The van der Waals surface area contributed by atoms with E-state index in [1.165, 1.54) is 0 Å². The van der Waals surface area contributed by atoms with Crippen molar-refractivity contribution in [3.05, 3.63) is 34.3 Å². The molecule has 0 heterocycles. The first kappa shape index (κ1) is 7.73. The maximum absolute atomic E-state index is 5.69. The summed E-state index contributed by atoms with van der Waals surface area (Å²) in [7, 11) is 0. The summed E-state index contributed by atoms with van der Waals surface area (Å²) in [6.07, 6.45) is 10.4. The van der Waals surface area contributed by atoms with Crippen molar-refractivity contribution in [1.29, 1.82) is 0 Å². The fourth-order valence-corrected chi connectivity index (χ4v) is 0.934. The Morgan fingerprint density at radius 1 is 1.09 bits per heavy atom.